The van der Waals surface area contributed by atoms with Gasteiger partial charge in [0, 0.05) is 19.0 Å². The molecule has 0 aromatic carbocycles. The summed E-state index contributed by atoms with van der Waals surface area (Å²) in [5.41, 5.74) is 5.53. The Labute approximate surface area is 92.6 Å². The molecule has 1 aromatic rings. The van der Waals surface area contributed by atoms with Crippen LogP contribution in [0, 0.1) is 17.2 Å². The minimum Gasteiger partial charge on any atom is -0.426 e. The van der Waals surface area contributed by atoms with Gasteiger partial charge >= 0.3 is 0 Å². The zero-order valence-electron chi connectivity index (χ0n) is 8.72. The molecule has 1 fully saturated rings. The van der Waals surface area contributed by atoms with Crippen molar-refractivity contribution >= 4 is 11.8 Å². The zero-order chi connectivity index (χ0) is 11.5. The summed E-state index contributed by atoms with van der Waals surface area (Å²) in [7, 11) is 0. The number of carbonyl (C=O) groups excluding carboxylic acids is 1. The van der Waals surface area contributed by atoms with E-state index in [1.54, 1.807) is 0 Å². The fourth-order valence-corrected chi connectivity index (χ4v) is 1.91. The van der Waals surface area contributed by atoms with Gasteiger partial charge in [-0.3, -0.25) is 4.79 Å². The third-order valence-electron chi connectivity index (χ3n) is 2.84. The molecule has 2 heterocycles. The summed E-state index contributed by atoms with van der Waals surface area (Å²) in [5, 5.41) is 8.80. The number of primary amides is 1. The van der Waals surface area contributed by atoms with Crippen LogP contribution in [0.1, 0.15) is 18.5 Å². The number of carbonyl (C=O) groups is 1. The molecule has 16 heavy (non-hydrogen) atoms. The van der Waals surface area contributed by atoms with Gasteiger partial charge in [0.2, 0.25) is 17.5 Å². The van der Waals surface area contributed by atoms with Crippen molar-refractivity contribution in [3.05, 3.63) is 12.1 Å². The maximum atomic E-state index is 11.0. The molecule has 0 radical (unpaired) electrons. The number of hydrogen-bond acceptors (Lipinski definition) is 5. The lowest BCUT2D eigenvalue weighted by atomic mass is 9.96. The summed E-state index contributed by atoms with van der Waals surface area (Å²) in [4.78, 5) is 16.7. The van der Waals surface area contributed by atoms with Gasteiger partial charge in [-0.25, -0.2) is 4.98 Å². The summed E-state index contributed by atoms with van der Waals surface area (Å²) in [5.74, 6) is 0.174. The Morgan fingerprint density at radius 2 is 2.31 bits per heavy atom. The van der Waals surface area contributed by atoms with Gasteiger partial charge < -0.3 is 15.1 Å². The molecule has 0 bridgehead atoms. The number of nitriles is 1. The van der Waals surface area contributed by atoms with Crippen LogP contribution in [-0.4, -0.2) is 24.0 Å². The Hall–Kier alpha value is -2.03. The number of nitrogens with zero attached hydrogens (tertiary/aromatic N) is 3. The molecule has 1 amide bonds. The minimum atomic E-state index is -0.252. The van der Waals surface area contributed by atoms with Gasteiger partial charge in [0.1, 0.15) is 6.07 Å². The first-order valence-corrected chi connectivity index (χ1v) is 5.10. The number of rotatable bonds is 2. The monoisotopic (exact) mass is 220 g/mol. The van der Waals surface area contributed by atoms with Crippen molar-refractivity contribution in [1.82, 2.24) is 4.98 Å². The molecule has 0 aliphatic carbocycles. The lowest BCUT2D eigenvalue weighted by Crippen LogP contribution is -2.38. The molecule has 1 aliphatic rings. The quantitative estimate of drug-likeness (QED) is 0.770. The maximum absolute atomic E-state index is 11.0. The summed E-state index contributed by atoms with van der Waals surface area (Å²) in [6.45, 7) is 1.33. The molecule has 6 nitrogen and oxygen atoms in total. The largest absolute Gasteiger partial charge is 0.426 e. The van der Waals surface area contributed by atoms with E-state index < -0.39 is 0 Å². The molecule has 1 aromatic heterocycles. The van der Waals surface area contributed by atoms with Crippen molar-refractivity contribution in [1.29, 1.82) is 5.26 Å². The molecular weight excluding hydrogens is 208 g/mol. The average Bonchev–Trinajstić information content (AvgIpc) is 2.77. The summed E-state index contributed by atoms with van der Waals surface area (Å²) in [6.07, 6.45) is 2.65. The number of oxazole rings is 1. The molecule has 2 rings (SSSR count). The zero-order valence-corrected chi connectivity index (χ0v) is 8.72. The maximum Gasteiger partial charge on any atom is 0.234 e. The minimum absolute atomic E-state index is 0.0651. The normalized spacial score (nSPS) is 17.1. The highest BCUT2D eigenvalue weighted by Gasteiger charge is 2.26. The molecule has 1 aliphatic heterocycles. The standard InChI is InChI=1S/C10H12N4O2/c11-5-8-10(16-6-13-8)14-3-1-7(2-4-14)9(12)15/h6-7H,1-4H2,(H2,12,15). The van der Waals surface area contributed by atoms with Gasteiger partial charge in [-0.05, 0) is 12.8 Å². The number of aromatic nitrogens is 1. The van der Waals surface area contributed by atoms with Gasteiger partial charge in [0.15, 0.2) is 6.39 Å². The van der Waals surface area contributed by atoms with Crippen LogP contribution >= 0.6 is 0 Å². The molecule has 0 unspecified atom stereocenters. The molecule has 0 saturated carbocycles. The molecule has 84 valence electrons. The van der Waals surface area contributed by atoms with Crippen LogP contribution in [0.3, 0.4) is 0 Å². The van der Waals surface area contributed by atoms with Gasteiger partial charge in [0.25, 0.3) is 0 Å². The predicted octanol–water partition coefficient (Wildman–Crippen LogP) is 0.248. The molecular formula is C10H12N4O2. The van der Waals surface area contributed by atoms with E-state index in [1.165, 1.54) is 6.39 Å². The topological polar surface area (TPSA) is 96.2 Å². The van der Waals surface area contributed by atoms with Crippen molar-refractivity contribution in [3.8, 4) is 6.07 Å². The van der Waals surface area contributed by atoms with Crippen LogP contribution in [0.2, 0.25) is 0 Å². The summed E-state index contributed by atoms with van der Waals surface area (Å²) < 4.78 is 5.17. The Bertz CT molecular complexity index is 426. The summed E-state index contributed by atoms with van der Waals surface area (Å²) >= 11 is 0. The van der Waals surface area contributed by atoms with Crippen LogP contribution < -0.4 is 10.6 Å². The van der Waals surface area contributed by atoms with Crippen LogP contribution in [0.15, 0.2) is 10.8 Å². The number of amides is 1. The van der Waals surface area contributed by atoms with Crippen molar-refractivity contribution in [2.75, 3.05) is 18.0 Å². The Morgan fingerprint density at radius 3 is 2.88 bits per heavy atom. The van der Waals surface area contributed by atoms with Gasteiger partial charge in [0.05, 0.1) is 0 Å². The van der Waals surface area contributed by atoms with Crippen molar-refractivity contribution in [2.45, 2.75) is 12.8 Å². The summed E-state index contributed by atoms with van der Waals surface area (Å²) in [6, 6.07) is 1.97. The van der Waals surface area contributed by atoms with E-state index in [0.29, 0.717) is 31.8 Å². The first-order valence-electron chi connectivity index (χ1n) is 5.10. The van der Waals surface area contributed by atoms with Crippen molar-refractivity contribution in [2.24, 2.45) is 11.7 Å². The second-order valence-corrected chi connectivity index (χ2v) is 3.78. The fraction of sp³-hybridized carbons (Fsp3) is 0.500. The smallest absolute Gasteiger partial charge is 0.234 e. The first-order chi connectivity index (χ1) is 7.72. The highest BCUT2D eigenvalue weighted by atomic mass is 16.4. The Kier molecular flexibility index (Phi) is 2.77. The highest BCUT2D eigenvalue weighted by Crippen LogP contribution is 2.25. The molecule has 1 saturated heterocycles. The van der Waals surface area contributed by atoms with E-state index in [2.05, 4.69) is 4.98 Å². The molecule has 0 spiro atoms. The lowest BCUT2D eigenvalue weighted by Gasteiger charge is -2.29. The van der Waals surface area contributed by atoms with E-state index in [0.717, 1.165) is 0 Å². The van der Waals surface area contributed by atoms with E-state index in [-0.39, 0.29) is 17.5 Å². The van der Waals surface area contributed by atoms with E-state index in [4.69, 9.17) is 15.4 Å². The van der Waals surface area contributed by atoms with E-state index >= 15 is 0 Å². The van der Waals surface area contributed by atoms with E-state index in [9.17, 15) is 4.79 Å². The first kappa shape index (κ1) is 10.5. The third-order valence-corrected chi connectivity index (χ3v) is 2.84. The number of nitrogens with two attached hydrogens (primary N) is 1. The van der Waals surface area contributed by atoms with Crippen LogP contribution in [0.5, 0.6) is 0 Å². The average molecular weight is 220 g/mol. The van der Waals surface area contributed by atoms with Crippen molar-refractivity contribution in [3.63, 3.8) is 0 Å². The van der Waals surface area contributed by atoms with Crippen LogP contribution in [0.4, 0.5) is 5.88 Å². The number of hydrogen-bond donors (Lipinski definition) is 1. The van der Waals surface area contributed by atoms with Crippen LogP contribution in [0.25, 0.3) is 0 Å². The predicted molar refractivity (Wildman–Crippen MR) is 55.3 cm³/mol. The van der Waals surface area contributed by atoms with Crippen LogP contribution in [-0.2, 0) is 4.79 Å². The molecule has 0 atom stereocenters. The second-order valence-electron chi connectivity index (χ2n) is 3.78. The highest BCUT2D eigenvalue weighted by molar-refractivity contribution is 5.77. The van der Waals surface area contributed by atoms with Gasteiger partial charge in [-0.2, -0.15) is 5.26 Å². The fourth-order valence-electron chi connectivity index (χ4n) is 1.91. The van der Waals surface area contributed by atoms with Gasteiger partial charge in [-0.1, -0.05) is 0 Å². The van der Waals surface area contributed by atoms with E-state index in [1.807, 2.05) is 11.0 Å². The Balaban J connectivity index is 2.05. The van der Waals surface area contributed by atoms with Gasteiger partial charge in [-0.15, -0.1) is 0 Å². The third kappa shape index (κ3) is 1.84. The number of piperidine rings is 1. The number of anilines is 1. The van der Waals surface area contributed by atoms with Crippen molar-refractivity contribution < 1.29 is 9.21 Å². The lowest BCUT2D eigenvalue weighted by molar-refractivity contribution is -0.122. The second kappa shape index (κ2) is 4.23. The Morgan fingerprint density at radius 1 is 1.62 bits per heavy atom. The molecule has 6 heteroatoms. The SMILES string of the molecule is N#Cc1ncoc1N1CCC(C(N)=O)CC1. The molecule has 2 N–H and O–H groups in total.